The Morgan fingerprint density at radius 1 is 1.27 bits per heavy atom. The molecule has 4 rings (SSSR count). The van der Waals surface area contributed by atoms with E-state index in [1.54, 1.807) is 13.0 Å². The number of pyridine rings is 1. The Balaban J connectivity index is 1.54. The Morgan fingerprint density at radius 2 is 2.00 bits per heavy atom. The molecule has 1 aliphatic heterocycles. The normalized spacial score (nSPS) is 15.0. The van der Waals surface area contributed by atoms with Crippen molar-refractivity contribution in [2.45, 2.75) is 32.9 Å². The van der Waals surface area contributed by atoms with Crippen LogP contribution in [-0.2, 0) is 20.0 Å². The van der Waals surface area contributed by atoms with Crippen molar-refractivity contribution < 1.29 is 4.79 Å². The molecule has 1 aromatic carbocycles. The van der Waals surface area contributed by atoms with E-state index in [9.17, 15) is 14.4 Å². The van der Waals surface area contributed by atoms with Crippen LogP contribution in [0.1, 0.15) is 34.1 Å². The van der Waals surface area contributed by atoms with Gasteiger partial charge < -0.3 is 5.32 Å². The molecule has 0 radical (unpaired) electrons. The van der Waals surface area contributed by atoms with Gasteiger partial charge in [-0.05, 0) is 37.5 Å². The number of nitrogens with zero attached hydrogens (tertiary/aromatic N) is 3. The number of aromatic nitrogens is 3. The lowest BCUT2D eigenvalue weighted by Crippen LogP contribution is -2.44. The molecule has 1 unspecified atom stereocenters. The van der Waals surface area contributed by atoms with Gasteiger partial charge in [-0.25, -0.2) is 9.78 Å². The minimum Gasteiger partial charge on any atom is -0.348 e. The predicted molar refractivity (Wildman–Crippen MR) is 115 cm³/mol. The van der Waals surface area contributed by atoms with Crippen LogP contribution in [-0.4, -0.2) is 44.5 Å². The highest BCUT2D eigenvalue weighted by Gasteiger charge is 2.21. The first-order chi connectivity index (χ1) is 14.3. The molecule has 1 aliphatic rings. The first-order valence-electron chi connectivity index (χ1n) is 10.0. The van der Waals surface area contributed by atoms with Crippen molar-refractivity contribution in [3.05, 3.63) is 73.6 Å². The molecule has 0 fully saturated rings. The Hall–Kier alpha value is -3.26. The van der Waals surface area contributed by atoms with Gasteiger partial charge in [0.25, 0.3) is 11.5 Å². The number of aryl methyl sites for hydroxylation is 2. The van der Waals surface area contributed by atoms with Gasteiger partial charge in [0.05, 0.1) is 10.9 Å². The van der Waals surface area contributed by atoms with Gasteiger partial charge in [0.2, 0.25) is 0 Å². The second-order valence-electron chi connectivity index (χ2n) is 7.96. The molecule has 0 saturated heterocycles. The van der Waals surface area contributed by atoms with E-state index in [2.05, 4.69) is 44.5 Å². The minimum absolute atomic E-state index is 0.113. The number of hydrogen-bond acceptors (Lipinski definition) is 5. The van der Waals surface area contributed by atoms with E-state index < -0.39 is 11.2 Å². The number of hydrogen-bond donors (Lipinski definition) is 2. The zero-order chi connectivity index (χ0) is 21.4. The molecule has 2 aromatic heterocycles. The largest absolute Gasteiger partial charge is 0.348 e. The molecule has 156 valence electrons. The zero-order valence-electron chi connectivity index (χ0n) is 17.4. The Labute approximate surface area is 173 Å². The van der Waals surface area contributed by atoms with Crippen LogP contribution >= 0.6 is 0 Å². The summed E-state index contributed by atoms with van der Waals surface area (Å²) in [5, 5.41) is 3.12. The summed E-state index contributed by atoms with van der Waals surface area (Å²) in [5.41, 5.74) is 2.54. The molecular formula is C22H25N5O3. The maximum atomic E-state index is 13.0. The third kappa shape index (κ3) is 3.78. The number of rotatable bonds is 4. The standard InChI is InChI=1S/C22H25N5O3/c1-13-10-17(18-19(23-13)26(3)22(30)25-21(18)29)20(28)24-14(2)11-27-9-8-15-6-4-5-7-16(15)12-27/h4-7,10,14H,8-9,11-12H2,1-3H3,(H,24,28)(H,25,29,30). The van der Waals surface area contributed by atoms with Gasteiger partial charge in [-0.15, -0.1) is 0 Å². The monoisotopic (exact) mass is 407 g/mol. The number of carbonyl (C=O) groups excluding carboxylic acids is 1. The van der Waals surface area contributed by atoms with Crippen molar-refractivity contribution in [1.29, 1.82) is 0 Å². The van der Waals surface area contributed by atoms with Gasteiger partial charge in [-0.3, -0.25) is 24.0 Å². The molecule has 30 heavy (non-hydrogen) atoms. The molecule has 0 spiro atoms. The van der Waals surface area contributed by atoms with Gasteiger partial charge >= 0.3 is 5.69 Å². The van der Waals surface area contributed by atoms with Crippen LogP contribution in [0.3, 0.4) is 0 Å². The lowest BCUT2D eigenvalue weighted by molar-refractivity contribution is 0.0928. The van der Waals surface area contributed by atoms with E-state index in [1.165, 1.54) is 22.7 Å². The average molecular weight is 407 g/mol. The van der Waals surface area contributed by atoms with Gasteiger partial charge in [-0.2, -0.15) is 0 Å². The van der Waals surface area contributed by atoms with Crippen molar-refractivity contribution in [3.8, 4) is 0 Å². The topological polar surface area (TPSA) is 100 Å². The number of benzene rings is 1. The highest BCUT2D eigenvalue weighted by Crippen LogP contribution is 2.19. The molecule has 1 atom stereocenters. The molecule has 0 aliphatic carbocycles. The van der Waals surface area contributed by atoms with Crippen molar-refractivity contribution in [2.24, 2.45) is 7.05 Å². The van der Waals surface area contributed by atoms with E-state index >= 15 is 0 Å². The van der Waals surface area contributed by atoms with Gasteiger partial charge in [0.15, 0.2) is 0 Å². The van der Waals surface area contributed by atoms with Crippen LogP contribution in [0, 0.1) is 6.92 Å². The smallest absolute Gasteiger partial charge is 0.329 e. The van der Waals surface area contributed by atoms with E-state index in [-0.39, 0.29) is 28.5 Å². The summed E-state index contributed by atoms with van der Waals surface area (Å²) in [7, 11) is 1.52. The van der Waals surface area contributed by atoms with Crippen molar-refractivity contribution in [2.75, 3.05) is 13.1 Å². The lowest BCUT2D eigenvalue weighted by Gasteiger charge is -2.31. The summed E-state index contributed by atoms with van der Waals surface area (Å²) in [6.45, 7) is 6.19. The summed E-state index contributed by atoms with van der Waals surface area (Å²) >= 11 is 0. The molecule has 3 aromatic rings. The second-order valence-corrected chi connectivity index (χ2v) is 7.96. The van der Waals surface area contributed by atoms with E-state index in [0.717, 1.165) is 19.5 Å². The Morgan fingerprint density at radius 3 is 2.77 bits per heavy atom. The highest BCUT2D eigenvalue weighted by atomic mass is 16.2. The minimum atomic E-state index is -0.606. The summed E-state index contributed by atoms with van der Waals surface area (Å²) in [6.07, 6.45) is 0.994. The van der Waals surface area contributed by atoms with E-state index in [0.29, 0.717) is 12.2 Å². The maximum absolute atomic E-state index is 13.0. The number of carbonyl (C=O) groups is 1. The highest BCUT2D eigenvalue weighted by molar-refractivity contribution is 6.05. The summed E-state index contributed by atoms with van der Waals surface area (Å²) in [4.78, 5) is 46.2. The van der Waals surface area contributed by atoms with Crippen LogP contribution in [0.25, 0.3) is 11.0 Å². The van der Waals surface area contributed by atoms with Crippen LogP contribution in [0.2, 0.25) is 0 Å². The third-order valence-electron chi connectivity index (χ3n) is 5.56. The molecular weight excluding hydrogens is 382 g/mol. The Bertz CT molecular complexity index is 1240. The molecule has 8 heteroatoms. The van der Waals surface area contributed by atoms with Crippen LogP contribution in [0.15, 0.2) is 39.9 Å². The zero-order valence-corrected chi connectivity index (χ0v) is 17.4. The van der Waals surface area contributed by atoms with E-state index in [4.69, 9.17) is 0 Å². The fourth-order valence-corrected chi connectivity index (χ4v) is 4.09. The van der Waals surface area contributed by atoms with Crippen LogP contribution in [0.4, 0.5) is 0 Å². The first kappa shape index (κ1) is 20.0. The van der Waals surface area contributed by atoms with E-state index in [1.807, 2.05) is 6.92 Å². The molecule has 1 amide bonds. The van der Waals surface area contributed by atoms with Crippen molar-refractivity contribution >= 4 is 16.9 Å². The fraction of sp³-hybridized carbons (Fsp3) is 0.364. The average Bonchev–Trinajstić information content (AvgIpc) is 2.71. The quantitative estimate of drug-likeness (QED) is 0.675. The van der Waals surface area contributed by atoms with Crippen LogP contribution < -0.4 is 16.6 Å². The first-order valence-corrected chi connectivity index (χ1v) is 10.0. The number of fused-ring (bicyclic) bond motifs is 2. The SMILES string of the molecule is Cc1cc(C(=O)NC(C)CN2CCc3ccccc3C2)c2c(=O)[nH]c(=O)n(C)c2n1. The predicted octanol–water partition coefficient (Wildman–Crippen LogP) is 1.11. The number of H-pyrrole nitrogens is 1. The third-order valence-corrected chi connectivity index (χ3v) is 5.56. The number of nitrogens with one attached hydrogen (secondary N) is 2. The van der Waals surface area contributed by atoms with Crippen molar-refractivity contribution in [1.82, 2.24) is 24.8 Å². The number of aromatic amines is 1. The van der Waals surface area contributed by atoms with Gasteiger partial charge in [0, 0.05) is 38.4 Å². The molecule has 2 N–H and O–H groups in total. The maximum Gasteiger partial charge on any atom is 0.329 e. The lowest BCUT2D eigenvalue weighted by atomic mass is 9.99. The second kappa shape index (κ2) is 7.87. The van der Waals surface area contributed by atoms with Gasteiger partial charge in [0.1, 0.15) is 5.65 Å². The van der Waals surface area contributed by atoms with Gasteiger partial charge in [-0.1, -0.05) is 24.3 Å². The number of amides is 1. The summed E-state index contributed by atoms with van der Waals surface area (Å²) in [5.74, 6) is -0.348. The fourth-order valence-electron chi connectivity index (χ4n) is 4.09. The van der Waals surface area contributed by atoms with Crippen molar-refractivity contribution in [3.63, 3.8) is 0 Å². The molecule has 3 heterocycles. The molecule has 0 bridgehead atoms. The summed E-state index contributed by atoms with van der Waals surface area (Å²) < 4.78 is 1.25. The molecule has 8 nitrogen and oxygen atoms in total. The van der Waals surface area contributed by atoms with Crippen LogP contribution in [0.5, 0.6) is 0 Å². The molecule has 0 saturated carbocycles. The summed E-state index contributed by atoms with van der Waals surface area (Å²) in [6, 6.07) is 9.90. The Kier molecular flexibility index (Phi) is 5.26.